The minimum Gasteiger partial charge on any atom is -0.358 e. The van der Waals surface area contributed by atoms with Gasteiger partial charge in [-0.05, 0) is 25.7 Å². The second kappa shape index (κ2) is 10.7. The van der Waals surface area contributed by atoms with E-state index in [4.69, 9.17) is 4.52 Å². The number of rotatable bonds is 10. The highest BCUT2D eigenvalue weighted by Gasteiger charge is 2.90. The van der Waals surface area contributed by atoms with Gasteiger partial charge in [0.25, 0.3) is 0 Å². The highest BCUT2D eigenvalue weighted by atomic mass is 31.1. The number of hydrogen-bond donors (Lipinski definition) is 0. The lowest BCUT2D eigenvalue weighted by Crippen LogP contribution is -2.70. The third-order valence-corrected chi connectivity index (χ3v) is 9.48. The molecule has 0 radical (unpaired) electrons. The minimum atomic E-state index is -7.86. The van der Waals surface area contributed by atoms with Crippen molar-refractivity contribution in [3.05, 3.63) is 0 Å². The van der Waals surface area contributed by atoms with E-state index in [1.165, 1.54) is 0 Å². The lowest BCUT2D eigenvalue weighted by molar-refractivity contribution is -0.440. The summed E-state index contributed by atoms with van der Waals surface area (Å²) in [5, 5.41) is 0. The summed E-state index contributed by atoms with van der Waals surface area (Å²) < 4.78 is 178. The minimum absolute atomic E-state index is 0.0489. The van der Waals surface area contributed by atoms with E-state index >= 15 is 0 Å². The van der Waals surface area contributed by atoms with Gasteiger partial charge in [-0.25, -0.2) is 0 Å². The van der Waals surface area contributed by atoms with Gasteiger partial charge in [0, 0.05) is 25.9 Å². The molecule has 1 nitrogen and oxygen atoms in total. The molecule has 0 heterocycles. The Morgan fingerprint density at radius 3 is 1.26 bits per heavy atom. The summed E-state index contributed by atoms with van der Waals surface area (Å²) in [6.07, 6.45) is -1.77. The van der Waals surface area contributed by atoms with Crippen LogP contribution in [0.2, 0.25) is 0 Å². The van der Waals surface area contributed by atoms with Gasteiger partial charge in [0.1, 0.15) is 0 Å². The number of halogens is 13. The van der Waals surface area contributed by atoms with Crippen LogP contribution in [0.15, 0.2) is 0 Å². The molecule has 0 aromatic heterocycles. The maximum Gasteiger partial charge on any atom is 0.460 e. The van der Waals surface area contributed by atoms with Crippen molar-refractivity contribution in [2.45, 2.75) is 118 Å². The van der Waals surface area contributed by atoms with Crippen LogP contribution >= 0.6 is 8.15 Å². The average Bonchev–Trinajstić information content (AvgIpc) is 2.76. The van der Waals surface area contributed by atoms with Crippen LogP contribution in [0.5, 0.6) is 0 Å². The molecule has 35 heavy (non-hydrogen) atoms. The zero-order valence-corrected chi connectivity index (χ0v) is 19.3. The number of hydrogen-bond acceptors (Lipinski definition) is 1. The summed E-state index contributed by atoms with van der Waals surface area (Å²) in [5.74, 6) is -36.6. The van der Waals surface area contributed by atoms with Gasteiger partial charge in [0.15, 0.2) is 0 Å². The first-order valence-electron chi connectivity index (χ1n) is 11.2. The molecule has 2 aliphatic rings. The summed E-state index contributed by atoms with van der Waals surface area (Å²) >= 11 is 0. The topological polar surface area (TPSA) is 9.23 Å². The molecule has 2 fully saturated rings. The molecule has 0 aromatic rings. The standard InChI is InChI=1S/C20H26F13OP/c21-15(22,16(23,24)17(25,26)18(27,28)19(29,30)20(31,32)33)11-12-34-35(13-7-3-1-4-8-13)14-9-5-2-6-10-14/h13-14H,1-12H2. The molecule has 0 bridgehead atoms. The molecular weight excluding hydrogens is 534 g/mol. The lowest BCUT2D eigenvalue weighted by Gasteiger charge is -2.40. The second-order valence-electron chi connectivity index (χ2n) is 9.03. The maximum atomic E-state index is 14.1. The van der Waals surface area contributed by atoms with E-state index in [0.29, 0.717) is 25.7 Å². The summed E-state index contributed by atoms with van der Waals surface area (Å²) in [6.45, 7) is -1.27. The Morgan fingerprint density at radius 2 is 0.886 bits per heavy atom. The third kappa shape index (κ3) is 5.82. The molecule has 208 valence electrons. The highest BCUT2D eigenvalue weighted by Crippen LogP contribution is 2.61. The molecule has 2 saturated carbocycles. The molecular formula is C20H26F13OP. The molecule has 0 atom stereocenters. The van der Waals surface area contributed by atoms with Gasteiger partial charge in [0.05, 0.1) is 6.61 Å². The Hall–Kier alpha value is -0.520. The summed E-state index contributed by atoms with van der Waals surface area (Å²) in [5.41, 5.74) is -0.0977. The van der Waals surface area contributed by atoms with Gasteiger partial charge >= 0.3 is 35.8 Å². The fraction of sp³-hybridized carbons (Fsp3) is 1.00. The van der Waals surface area contributed by atoms with E-state index in [1.807, 2.05) is 0 Å². The Kier molecular flexibility index (Phi) is 9.38. The van der Waals surface area contributed by atoms with E-state index in [-0.39, 0.29) is 11.3 Å². The molecule has 0 aromatic carbocycles. The fourth-order valence-electron chi connectivity index (χ4n) is 4.42. The Morgan fingerprint density at radius 1 is 0.514 bits per heavy atom. The predicted molar refractivity (Wildman–Crippen MR) is 102 cm³/mol. The largest absolute Gasteiger partial charge is 0.460 e. The highest BCUT2D eigenvalue weighted by molar-refractivity contribution is 7.54. The van der Waals surface area contributed by atoms with Crippen molar-refractivity contribution in [1.29, 1.82) is 0 Å². The van der Waals surface area contributed by atoms with Gasteiger partial charge in [-0.1, -0.05) is 38.5 Å². The molecule has 2 aliphatic carbocycles. The van der Waals surface area contributed by atoms with Crippen molar-refractivity contribution in [1.82, 2.24) is 0 Å². The summed E-state index contributed by atoms with van der Waals surface area (Å²) in [6, 6.07) is 0. The van der Waals surface area contributed by atoms with Gasteiger partial charge in [-0.15, -0.1) is 0 Å². The van der Waals surface area contributed by atoms with Gasteiger partial charge in [0.2, 0.25) is 0 Å². The van der Waals surface area contributed by atoms with Crippen LogP contribution in [0.3, 0.4) is 0 Å². The third-order valence-electron chi connectivity index (χ3n) is 6.52. The molecule has 2 rings (SSSR count). The maximum absolute atomic E-state index is 14.1. The van der Waals surface area contributed by atoms with Crippen molar-refractivity contribution in [2.24, 2.45) is 0 Å². The van der Waals surface area contributed by atoms with E-state index in [0.717, 1.165) is 38.5 Å². The quantitative estimate of drug-likeness (QED) is 0.191. The molecule has 0 amide bonds. The van der Waals surface area contributed by atoms with Crippen molar-refractivity contribution in [3.63, 3.8) is 0 Å². The summed E-state index contributed by atoms with van der Waals surface area (Å²) in [4.78, 5) is 0. The number of alkyl halides is 13. The van der Waals surface area contributed by atoms with Gasteiger partial charge in [-0.2, -0.15) is 57.1 Å². The van der Waals surface area contributed by atoms with Crippen LogP contribution in [-0.4, -0.2) is 53.7 Å². The smallest absolute Gasteiger partial charge is 0.358 e. The van der Waals surface area contributed by atoms with Crippen molar-refractivity contribution >= 4 is 8.15 Å². The van der Waals surface area contributed by atoms with Crippen molar-refractivity contribution in [3.8, 4) is 0 Å². The normalized spacial score (nSPS) is 21.1. The molecule has 0 N–H and O–H groups in total. The van der Waals surface area contributed by atoms with E-state index in [1.54, 1.807) is 0 Å². The van der Waals surface area contributed by atoms with E-state index in [9.17, 15) is 57.1 Å². The second-order valence-corrected chi connectivity index (χ2v) is 11.5. The van der Waals surface area contributed by atoms with Crippen molar-refractivity contribution in [2.75, 3.05) is 6.61 Å². The van der Waals surface area contributed by atoms with E-state index in [2.05, 4.69) is 0 Å². The Bertz CT molecular complexity index is 665. The predicted octanol–water partition coefficient (Wildman–Crippen LogP) is 9.19. The first-order chi connectivity index (χ1) is 15.8. The Labute approximate surface area is 195 Å². The van der Waals surface area contributed by atoms with Crippen LogP contribution in [0.25, 0.3) is 0 Å². The van der Waals surface area contributed by atoms with Gasteiger partial charge in [-0.3, -0.25) is 0 Å². The van der Waals surface area contributed by atoms with Crippen LogP contribution in [0, 0.1) is 0 Å². The zero-order chi connectivity index (χ0) is 26.9. The molecule has 0 unspecified atom stereocenters. The summed E-state index contributed by atoms with van der Waals surface area (Å²) in [7, 11) is -1.45. The zero-order valence-electron chi connectivity index (χ0n) is 18.4. The van der Waals surface area contributed by atoms with Crippen LogP contribution in [0.4, 0.5) is 57.1 Å². The lowest BCUT2D eigenvalue weighted by atomic mass is 9.93. The monoisotopic (exact) mass is 560 g/mol. The van der Waals surface area contributed by atoms with Crippen molar-refractivity contribution < 1.29 is 61.6 Å². The molecule has 15 heteroatoms. The molecule has 0 spiro atoms. The van der Waals surface area contributed by atoms with Gasteiger partial charge < -0.3 is 4.52 Å². The first kappa shape index (κ1) is 30.7. The average molecular weight is 560 g/mol. The SMILES string of the molecule is FC(F)(F)C(F)(F)C(F)(F)C(F)(F)C(F)(F)C(F)(F)CCOP(C1CCCCC1)C1CCCCC1. The first-order valence-corrected chi connectivity index (χ1v) is 12.6. The van der Waals surface area contributed by atoms with Crippen LogP contribution in [0.1, 0.15) is 70.6 Å². The van der Waals surface area contributed by atoms with Crippen LogP contribution < -0.4 is 0 Å². The molecule has 0 saturated heterocycles. The van der Waals surface area contributed by atoms with Crippen LogP contribution in [-0.2, 0) is 4.52 Å². The van der Waals surface area contributed by atoms with E-state index < -0.39 is 57.0 Å². The Balaban J connectivity index is 2.18. The molecule has 0 aliphatic heterocycles. The fourth-order valence-corrected chi connectivity index (χ4v) is 7.49.